The number of rotatable bonds is 8. The highest BCUT2D eigenvalue weighted by Crippen LogP contribution is 2.07. The normalized spacial score (nSPS) is 11.0. The zero-order valence-corrected chi connectivity index (χ0v) is 16.2. The van der Waals surface area contributed by atoms with E-state index in [9.17, 15) is 19.2 Å². The van der Waals surface area contributed by atoms with E-state index in [1.54, 1.807) is 23.7 Å². The Kier molecular flexibility index (Phi) is 5.96. The predicted molar refractivity (Wildman–Crippen MR) is 103 cm³/mol. The van der Waals surface area contributed by atoms with Gasteiger partial charge in [-0.3, -0.25) is 23.5 Å². The summed E-state index contributed by atoms with van der Waals surface area (Å²) in [6.45, 7) is 0.982. The van der Waals surface area contributed by atoms with Crippen LogP contribution < -0.4 is 21.9 Å². The summed E-state index contributed by atoms with van der Waals surface area (Å²) in [6.07, 6.45) is 3.64. The Bertz CT molecular complexity index is 1140. The number of amides is 2. The Balaban J connectivity index is 1.46. The Morgan fingerprint density at radius 3 is 2.62 bits per heavy atom. The summed E-state index contributed by atoms with van der Waals surface area (Å²) in [5.74, 6) is -0.290. The maximum Gasteiger partial charge on any atom is 0.332 e. The van der Waals surface area contributed by atoms with Crippen molar-refractivity contribution in [2.45, 2.75) is 19.4 Å². The predicted octanol–water partition coefficient (Wildman–Crippen LogP) is -0.647. The van der Waals surface area contributed by atoms with Gasteiger partial charge in [0.1, 0.15) is 0 Å². The first-order valence-corrected chi connectivity index (χ1v) is 9.09. The fourth-order valence-corrected chi connectivity index (χ4v) is 2.94. The van der Waals surface area contributed by atoms with Crippen molar-refractivity contribution in [3.8, 4) is 0 Å². The topological polar surface area (TPSA) is 133 Å². The van der Waals surface area contributed by atoms with E-state index in [1.807, 2.05) is 0 Å². The molecule has 0 fully saturated rings. The average Bonchev–Trinajstić information content (AvgIpc) is 3.38. The second-order valence-electron chi connectivity index (χ2n) is 6.50. The van der Waals surface area contributed by atoms with Crippen molar-refractivity contribution in [2.75, 3.05) is 13.1 Å². The summed E-state index contributed by atoms with van der Waals surface area (Å²) in [5, 5.41) is 5.35. The van der Waals surface area contributed by atoms with Gasteiger partial charge in [-0.1, -0.05) is 0 Å². The van der Waals surface area contributed by atoms with Gasteiger partial charge in [0.05, 0.1) is 12.6 Å². The minimum absolute atomic E-state index is 0.165. The molecule has 11 heteroatoms. The number of hydrogen-bond acceptors (Lipinski definition) is 6. The minimum atomic E-state index is -0.439. The van der Waals surface area contributed by atoms with E-state index in [-0.39, 0.29) is 30.5 Å². The zero-order valence-electron chi connectivity index (χ0n) is 16.2. The summed E-state index contributed by atoms with van der Waals surface area (Å²) < 4.78 is 8.97. The van der Waals surface area contributed by atoms with Crippen molar-refractivity contribution >= 4 is 23.0 Å². The van der Waals surface area contributed by atoms with Gasteiger partial charge in [0.25, 0.3) is 11.5 Å². The molecule has 0 unspecified atom stereocenters. The molecule has 3 rings (SSSR count). The van der Waals surface area contributed by atoms with E-state index in [4.69, 9.17) is 4.42 Å². The lowest BCUT2D eigenvalue weighted by Crippen LogP contribution is -2.37. The minimum Gasteiger partial charge on any atom is -0.459 e. The van der Waals surface area contributed by atoms with E-state index in [0.29, 0.717) is 30.7 Å². The molecule has 3 aromatic rings. The Hall–Kier alpha value is -3.63. The van der Waals surface area contributed by atoms with Crippen LogP contribution in [-0.4, -0.2) is 43.6 Å². The molecule has 0 atom stereocenters. The zero-order chi connectivity index (χ0) is 21.0. The van der Waals surface area contributed by atoms with Crippen LogP contribution in [0.25, 0.3) is 11.2 Å². The van der Waals surface area contributed by atoms with Crippen molar-refractivity contribution < 1.29 is 14.0 Å². The van der Waals surface area contributed by atoms with Gasteiger partial charge in [0.2, 0.25) is 5.91 Å². The van der Waals surface area contributed by atoms with Crippen molar-refractivity contribution in [3.63, 3.8) is 0 Å². The van der Waals surface area contributed by atoms with Gasteiger partial charge in [-0.2, -0.15) is 0 Å². The molecule has 0 spiro atoms. The third-order valence-electron chi connectivity index (χ3n) is 4.50. The second kappa shape index (κ2) is 8.59. The van der Waals surface area contributed by atoms with Gasteiger partial charge >= 0.3 is 5.69 Å². The number of nitrogens with zero attached hydrogens (tertiary/aromatic N) is 4. The highest BCUT2D eigenvalue weighted by atomic mass is 16.3. The quantitative estimate of drug-likeness (QED) is 0.481. The van der Waals surface area contributed by atoms with Gasteiger partial charge < -0.3 is 19.6 Å². The fourth-order valence-electron chi connectivity index (χ4n) is 2.94. The molecule has 2 amide bonds. The van der Waals surface area contributed by atoms with Crippen LogP contribution >= 0.6 is 0 Å². The SMILES string of the molecule is Cn1c(=O)c2c(ncn2CCCC(=O)NCCNC(=O)c2ccco2)n(C)c1=O. The number of carbonyl (C=O) groups excluding carboxylic acids is 2. The standard InChI is InChI=1S/C18H22N6O5/c1-22-15-14(17(27)23(2)18(22)28)24(11-21-15)9-3-6-13(25)19-7-8-20-16(26)12-5-4-10-29-12/h4-5,10-11H,3,6-9H2,1-2H3,(H,19,25)(H,20,26). The second-order valence-corrected chi connectivity index (χ2v) is 6.50. The van der Waals surface area contributed by atoms with Crippen LogP contribution in [0.2, 0.25) is 0 Å². The first-order valence-electron chi connectivity index (χ1n) is 9.09. The molecule has 2 N–H and O–H groups in total. The fraction of sp³-hybridized carbons (Fsp3) is 0.389. The lowest BCUT2D eigenvalue weighted by molar-refractivity contribution is -0.121. The highest BCUT2D eigenvalue weighted by molar-refractivity contribution is 5.91. The Morgan fingerprint density at radius 2 is 1.90 bits per heavy atom. The lowest BCUT2D eigenvalue weighted by Gasteiger charge is -2.08. The summed E-state index contributed by atoms with van der Waals surface area (Å²) >= 11 is 0. The van der Waals surface area contributed by atoms with Crippen LogP contribution in [0.3, 0.4) is 0 Å². The molecule has 29 heavy (non-hydrogen) atoms. The maximum absolute atomic E-state index is 12.4. The average molecular weight is 402 g/mol. The largest absolute Gasteiger partial charge is 0.459 e. The summed E-state index contributed by atoms with van der Waals surface area (Å²) in [4.78, 5) is 52.1. The van der Waals surface area contributed by atoms with E-state index in [1.165, 1.54) is 24.2 Å². The van der Waals surface area contributed by atoms with Crippen molar-refractivity contribution in [3.05, 3.63) is 51.3 Å². The van der Waals surface area contributed by atoms with E-state index < -0.39 is 11.2 Å². The molecule has 0 aliphatic rings. The van der Waals surface area contributed by atoms with Gasteiger partial charge in [-0.25, -0.2) is 9.78 Å². The van der Waals surface area contributed by atoms with Crippen molar-refractivity contribution in [2.24, 2.45) is 14.1 Å². The van der Waals surface area contributed by atoms with E-state index >= 15 is 0 Å². The van der Waals surface area contributed by atoms with Crippen molar-refractivity contribution in [1.82, 2.24) is 29.3 Å². The molecule has 0 saturated carbocycles. The molecule has 0 bridgehead atoms. The van der Waals surface area contributed by atoms with Crippen LogP contribution in [0.1, 0.15) is 23.4 Å². The summed E-state index contributed by atoms with van der Waals surface area (Å²) in [7, 11) is 2.97. The van der Waals surface area contributed by atoms with Crippen LogP contribution in [0, 0.1) is 0 Å². The Morgan fingerprint density at radius 1 is 1.14 bits per heavy atom. The van der Waals surface area contributed by atoms with Gasteiger partial charge in [-0.15, -0.1) is 0 Å². The van der Waals surface area contributed by atoms with E-state index in [2.05, 4.69) is 15.6 Å². The molecule has 0 aromatic carbocycles. The molecule has 0 saturated heterocycles. The first kappa shape index (κ1) is 20.1. The molecule has 11 nitrogen and oxygen atoms in total. The maximum atomic E-state index is 12.4. The number of nitrogens with one attached hydrogen (secondary N) is 2. The van der Waals surface area contributed by atoms with Crippen LogP contribution in [0.15, 0.2) is 38.7 Å². The summed E-state index contributed by atoms with van der Waals surface area (Å²) in [6, 6.07) is 3.18. The van der Waals surface area contributed by atoms with Crippen LogP contribution in [-0.2, 0) is 25.4 Å². The molecule has 0 radical (unpaired) electrons. The van der Waals surface area contributed by atoms with Crippen molar-refractivity contribution in [1.29, 1.82) is 0 Å². The number of hydrogen-bond donors (Lipinski definition) is 2. The Labute approximate surface area is 164 Å². The third kappa shape index (κ3) is 4.28. The molecule has 0 aliphatic carbocycles. The lowest BCUT2D eigenvalue weighted by atomic mass is 10.3. The smallest absolute Gasteiger partial charge is 0.332 e. The van der Waals surface area contributed by atoms with Crippen LogP contribution in [0.4, 0.5) is 0 Å². The number of carbonyl (C=O) groups is 2. The molecular formula is C18H22N6O5. The van der Waals surface area contributed by atoms with Gasteiger partial charge in [-0.05, 0) is 18.6 Å². The molecule has 3 aromatic heterocycles. The third-order valence-corrected chi connectivity index (χ3v) is 4.50. The highest BCUT2D eigenvalue weighted by Gasteiger charge is 2.14. The van der Waals surface area contributed by atoms with E-state index in [0.717, 1.165) is 4.57 Å². The number of aromatic nitrogens is 4. The monoisotopic (exact) mass is 402 g/mol. The number of aryl methyl sites for hydroxylation is 2. The molecule has 3 heterocycles. The number of furan rings is 1. The van der Waals surface area contributed by atoms with Crippen LogP contribution in [0.5, 0.6) is 0 Å². The van der Waals surface area contributed by atoms with Gasteiger partial charge in [0, 0.05) is 40.2 Å². The molecule has 154 valence electrons. The molecular weight excluding hydrogens is 380 g/mol. The molecule has 0 aliphatic heterocycles. The van der Waals surface area contributed by atoms with Gasteiger partial charge in [0.15, 0.2) is 16.9 Å². The number of fused-ring (bicyclic) bond motifs is 1. The first-order chi connectivity index (χ1) is 13.9. The number of imidazole rings is 1. The summed E-state index contributed by atoms with van der Waals surface area (Å²) in [5.41, 5.74) is -0.214.